The van der Waals surface area contributed by atoms with Gasteiger partial charge in [0.15, 0.2) is 0 Å². The molecule has 1 N–H and O–H groups in total. The van der Waals surface area contributed by atoms with Crippen molar-refractivity contribution in [2.75, 3.05) is 6.54 Å². The third-order valence-corrected chi connectivity index (χ3v) is 3.15. The van der Waals surface area contributed by atoms with E-state index < -0.39 is 11.7 Å². The summed E-state index contributed by atoms with van der Waals surface area (Å²) < 4.78 is 37.3. The second-order valence-electron chi connectivity index (χ2n) is 5.33. The van der Waals surface area contributed by atoms with Crippen LogP contribution in [0.2, 0.25) is 0 Å². The van der Waals surface area contributed by atoms with Crippen molar-refractivity contribution in [2.45, 2.75) is 45.8 Å². The van der Waals surface area contributed by atoms with E-state index in [9.17, 15) is 13.2 Å². The first-order valence-electron chi connectivity index (χ1n) is 6.71. The Kier molecular flexibility index (Phi) is 5.85. The standard InChI is InChI=1S/C15H22F3N/c1-11(2)5-4-10-19-12(3)13-6-8-14(9-7-13)15(16,17)18/h6-9,11-12,19H,4-5,10H2,1-3H3. The minimum absolute atomic E-state index is 0.0782. The molecule has 0 saturated carbocycles. The largest absolute Gasteiger partial charge is 0.416 e. The molecule has 1 nitrogen and oxygen atoms in total. The van der Waals surface area contributed by atoms with E-state index >= 15 is 0 Å². The summed E-state index contributed by atoms with van der Waals surface area (Å²) in [6.07, 6.45) is -2.01. The lowest BCUT2D eigenvalue weighted by molar-refractivity contribution is -0.137. The van der Waals surface area contributed by atoms with Crippen molar-refractivity contribution in [3.8, 4) is 0 Å². The first-order chi connectivity index (χ1) is 8.80. The maximum absolute atomic E-state index is 12.4. The van der Waals surface area contributed by atoms with Crippen molar-refractivity contribution >= 4 is 0 Å². The first-order valence-corrected chi connectivity index (χ1v) is 6.71. The Morgan fingerprint density at radius 1 is 1.05 bits per heavy atom. The summed E-state index contributed by atoms with van der Waals surface area (Å²) in [4.78, 5) is 0. The van der Waals surface area contributed by atoms with Gasteiger partial charge in [-0.3, -0.25) is 0 Å². The van der Waals surface area contributed by atoms with E-state index in [1.807, 2.05) is 6.92 Å². The normalized spacial score (nSPS) is 13.8. The molecule has 0 fully saturated rings. The van der Waals surface area contributed by atoms with Gasteiger partial charge in [-0.15, -0.1) is 0 Å². The van der Waals surface area contributed by atoms with Gasteiger partial charge in [0, 0.05) is 6.04 Å². The predicted molar refractivity (Wildman–Crippen MR) is 71.9 cm³/mol. The lowest BCUT2D eigenvalue weighted by atomic mass is 10.0. The molecule has 0 aromatic heterocycles. The fraction of sp³-hybridized carbons (Fsp3) is 0.600. The molecule has 1 unspecified atom stereocenters. The van der Waals surface area contributed by atoms with Crippen LogP contribution in [-0.2, 0) is 6.18 Å². The zero-order valence-corrected chi connectivity index (χ0v) is 11.7. The van der Waals surface area contributed by atoms with Crippen molar-refractivity contribution in [1.29, 1.82) is 0 Å². The van der Waals surface area contributed by atoms with Gasteiger partial charge in [-0.2, -0.15) is 13.2 Å². The molecule has 19 heavy (non-hydrogen) atoms. The molecule has 108 valence electrons. The molecular formula is C15H22F3N. The highest BCUT2D eigenvalue weighted by atomic mass is 19.4. The molecule has 0 aliphatic rings. The third kappa shape index (κ3) is 5.64. The van der Waals surface area contributed by atoms with Gasteiger partial charge in [-0.05, 0) is 49.9 Å². The molecule has 4 heteroatoms. The summed E-state index contributed by atoms with van der Waals surface area (Å²) in [5.41, 5.74) is 0.292. The molecule has 1 aromatic carbocycles. The van der Waals surface area contributed by atoms with E-state index in [2.05, 4.69) is 19.2 Å². The number of halogens is 3. The summed E-state index contributed by atoms with van der Waals surface area (Å²) in [5.74, 6) is 0.683. The highest BCUT2D eigenvalue weighted by Crippen LogP contribution is 2.29. The maximum Gasteiger partial charge on any atom is 0.416 e. The van der Waals surface area contributed by atoms with E-state index in [0.717, 1.165) is 37.1 Å². The number of hydrogen-bond acceptors (Lipinski definition) is 1. The number of hydrogen-bond donors (Lipinski definition) is 1. The van der Waals surface area contributed by atoms with Crippen LogP contribution in [0.5, 0.6) is 0 Å². The Labute approximate surface area is 113 Å². The summed E-state index contributed by atoms with van der Waals surface area (Å²) in [6, 6.07) is 5.45. The van der Waals surface area contributed by atoms with Gasteiger partial charge in [0.05, 0.1) is 5.56 Å². The molecule has 0 radical (unpaired) electrons. The number of nitrogens with one attached hydrogen (secondary N) is 1. The van der Waals surface area contributed by atoms with Crippen molar-refractivity contribution in [3.63, 3.8) is 0 Å². The summed E-state index contributed by atoms with van der Waals surface area (Å²) in [5, 5.41) is 3.33. The Bertz CT molecular complexity index is 368. The zero-order valence-electron chi connectivity index (χ0n) is 11.7. The monoisotopic (exact) mass is 273 g/mol. The Hall–Kier alpha value is -1.03. The number of alkyl halides is 3. The smallest absolute Gasteiger partial charge is 0.310 e. The van der Waals surface area contributed by atoms with Crippen LogP contribution in [-0.4, -0.2) is 6.54 Å². The zero-order chi connectivity index (χ0) is 14.5. The van der Waals surface area contributed by atoms with Crippen molar-refractivity contribution < 1.29 is 13.2 Å². The van der Waals surface area contributed by atoms with Crippen LogP contribution in [0, 0.1) is 5.92 Å². The highest BCUT2D eigenvalue weighted by Gasteiger charge is 2.30. The molecule has 0 heterocycles. The van der Waals surface area contributed by atoms with E-state index in [1.165, 1.54) is 0 Å². The van der Waals surface area contributed by atoms with E-state index in [0.29, 0.717) is 5.92 Å². The third-order valence-electron chi connectivity index (χ3n) is 3.15. The fourth-order valence-electron chi connectivity index (χ4n) is 1.91. The number of benzene rings is 1. The van der Waals surface area contributed by atoms with Crippen molar-refractivity contribution in [2.24, 2.45) is 5.92 Å². The van der Waals surface area contributed by atoms with Crippen LogP contribution >= 0.6 is 0 Å². The molecule has 0 bridgehead atoms. The van der Waals surface area contributed by atoms with Crippen LogP contribution in [0.25, 0.3) is 0 Å². The minimum atomic E-state index is -4.26. The highest BCUT2D eigenvalue weighted by molar-refractivity contribution is 5.26. The van der Waals surface area contributed by atoms with Gasteiger partial charge in [0.25, 0.3) is 0 Å². The maximum atomic E-state index is 12.4. The van der Waals surface area contributed by atoms with E-state index in [1.54, 1.807) is 12.1 Å². The van der Waals surface area contributed by atoms with Gasteiger partial charge >= 0.3 is 6.18 Å². The van der Waals surface area contributed by atoms with Crippen molar-refractivity contribution in [1.82, 2.24) is 5.32 Å². The summed E-state index contributed by atoms with van der Waals surface area (Å²) in [6.45, 7) is 7.22. The van der Waals surface area contributed by atoms with Crippen LogP contribution in [0.15, 0.2) is 24.3 Å². The average molecular weight is 273 g/mol. The second kappa shape index (κ2) is 6.94. The van der Waals surface area contributed by atoms with Crippen LogP contribution in [0.3, 0.4) is 0 Å². The molecule has 0 amide bonds. The lowest BCUT2D eigenvalue weighted by Crippen LogP contribution is -2.20. The first kappa shape index (κ1) is 16.0. The van der Waals surface area contributed by atoms with E-state index in [-0.39, 0.29) is 6.04 Å². The van der Waals surface area contributed by atoms with Gasteiger partial charge in [0.2, 0.25) is 0 Å². The topological polar surface area (TPSA) is 12.0 Å². The lowest BCUT2D eigenvalue weighted by Gasteiger charge is -2.15. The number of rotatable bonds is 6. The van der Waals surface area contributed by atoms with Crippen LogP contribution < -0.4 is 5.32 Å². The van der Waals surface area contributed by atoms with Crippen LogP contribution in [0.4, 0.5) is 13.2 Å². The average Bonchev–Trinajstić information content (AvgIpc) is 2.33. The summed E-state index contributed by atoms with van der Waals surface area (Å²) >= 11 is 0. The van der Waals surface area contributed by atoms with Crippen LogP contribution in [0.1, 0.15) is 50.8 Å². The van der Waals surface area contributed by atoms with Gasteiger partial charge in [-0.1, -0.05) is 26.0 Å². The second-order valence-corrected chi connectivity index (χ2v) is 5.33. The van der Waals surface area contributed by atoms with Crippen molar-refractivity contribution in [3.05, 3.63) is 35.4 Å². The predicted octanol–water partition coefficient (Wildman–Crippen LogP) is 4.79. The molecule has 0 aliphatic heterocycles. The van der Waals surface area contributed by atoms with Gasteiger partial charge in [0.1, 0.15) is 0 Å². The quantitative estimate of drug-likeness (QED) is 0.735. The van der Waals surface area contributed by atoms with E-state index in [4.69, 9.17) is 0 Å². The molecule has 0 spiro atoms. The summed E-state index contributed by atoms with van der Waals surface area (Å²) in [7, 11) is 0. The minimum Gasteiger partial charge on any atom is -0.310 e. The molecular weight excluding hydrogens is 251 g/mol. The van der Waals surface area contributed by atoms with Gasteiger partial charge < -0.3 is 5.32 Å². The molecule has 1 aromatic rings. The fourth-order valence-corrected chi connectivity index (χ4v) is 1.91. The molecule has 0 saturated heterocycles. The SMILES string of the molecule is CC(C)CCCNC(C)c1ccc(C(F)(F)F)cc1. The Balaban J connectivity index is 2.47. The molecule has 1 atom stereocenters. The Morgan fingerprint density at radius 2 is 1.63 bits per heavy atom. The Morgan fingerprint density at radius 3 is 2.11 bits per heavy atom. The van der Waals surface area contributed by atoms with Gasteiger partial charge in [-0.25, -0.2) is 0 Å². The molecule has 0 aliphatic carbocycles. The molecule has 1 rings (SSSR count).